The van der Waals surface area contributed by atoms with Gasteiger partial charge in [0.15, 0.2) is 18.1 Å². The first-order valence-corrected chi connectivity index (χ1v) is 27.5. The van der Waals surface area contributed by atoms with Crippen LogP contribution in [0.2, 0.25) is 0 Å². The maximum Gasteiger partial charge on any atom is 0.345 e. The fraction of sp³-hybridized carbons (Fsp3) is 0.254. The number of hydrogen-bond acceptors (Lipinski definition) is 12. The molecule has 10 rings (SSSR count). The Labute approximate surface area is 468 Å². The third kappa shape index (κ3) is 12.2. The normalized spacial score (nSPS) is 19.7. The van der Waals surface area contributed by atoms with Gasteiger partial charge in [-0.15, -0.1) is 0 Å². The molecule has 1 N–H and O–H groups in total. The molecule has 80 heavy (non-hydrogen) atoms. The lowest BCUT2D eigenvalue weighted by atomic mass is 9.96. The summed E-state index contributed by atoms with van der Waals surface area (Å²) in [6, 6.07) is 49.0. The maximum absolute atomic E-state index is 15.2. The van der Waals surface area contributed by atoms with Crippen molar-refractivity contribution in [2.24, 2.45) is 5.10 Å². The van der Waals surface area contributed by atoms with Gasteiger partial charge in [0.2, 0.25) is 22.6 Å². The third-order valence-corrected chi connectivity index (χ3v) is 16.1. The maximum atomic E-state index is 15.2. The summed E-state index contributed by atoms with van der Waals surface area (Å²) in [5.41, 5.74) is 3.93. The Morgan fingerprint density at radius 3 is 1.81 bits per heavy atom. The number of nitrogens with one attached hydrogen (secondary N) is 1. The standard InChI is InChI=1S/C63H60N6O10S/c1-76-50-33-29-44(30-34-50)42-77-51-35-31-49(32-36-51)55(46-22-10-3-11-23-46)78-60(73)53(45-20-8-2-9-21-45)57(71)65-54-58(72)67-43-63(80-59(54)67,61(74)79-56(47-24-12-4-13-25-47)48-26-14-5-15-27-48)68-40-41-69(62(68)75)64-37-17-6-16-28-52(70)66-38-18-7-19-39-66/h2-6,8-17,20-37,53-56,59H,7,18-19,38-43H2,1H3,(H,65,71)/t53?,54-,55?,59-,63-/m1/s1. The number of piperidine rings is 1. The van der Waals surface area contributed by atoms with Gasteiger partial charge in [-0.1, -0.05) is 170 Å². The van der Waals surface area contributed by atoms with Crippen LogP contribution in [-0.4, -0.2) is 118 Å². The van der Waals surface area contributed by atoms with Gasteiger partial charge in [0.1, 0.15) is 29.5 Å². The topological polar surface area (TPSA) is 177 Å². The number of carbonyl (C=O) groups is 6. The van der Waals surface area contributed by atoms with Gasteiger partial charge in [-0.05, 0) is 83.0 Å². The molecule has 4 aliphatic rings. The number of nitrogens with zero attached hydrogens (tertiary/aromatic N) is 5. The predicted molar refractivity (Wildman–Crippen MR) is 302 cm³/mol. The number of esters is 2. The fourth-order valence-corrected chi connectivity index (χ4v) is 11.9. The van der Waals surface area contributed by atoms with Crippen molar-refractivity contribution < 1.29 is 47.7 Å². The van der Waals surface area contributed by atoms with Crippen molar-refractivity contribution in [3.8, 4) is 11.5 Å². The minimum Gasteiger partial charge on any atom is -0.497 e. The molecule has 6 aromatic rings. The molecule has 2 unspecified atom stereocenters. The van der Waals surface area contributed by atoms with Crippen LogP contribution in [0.1, 0.15) is 70.8 Å². The molecule has 4 heterocycles. The molecule has 5 atom stereocenters. The first-order valence-electron chi connectivity index (χ1n) is 26.6. The van der Waals surface area contributed by atoms with E-state index in [0.29, 0.717) is 40.2 Å². The number of rotatable bonds is 20. The van der Waals surface area contributed by atoms with Gasteiger partial charge >= 0.3 is 18.0 Å². The summed E-state index contributed by atoms with van der Waals surface area (Å²) >= 11 is 1.03. The highest BCUT2D eigenvalue weighted by Crippen LogP contribution is 2.51. The number of fused-ring (bicyclic) bond motifs is 1. The molecule has 4 aliphatic heterocycles. The minimum absolute atomic E-state index is 0.0449. The SMILES string of the molecule is COc1ccc(COc2ccc(C(OC(=O)C(C(=O)N[C@@H]3C(=O)N4C[C@@](C(=O)OC(c5ccccc5)c5ccccc5)(N5CCN(N=CC=CC=CC(=O)N6CCCCC6)C5=O)S[C@H]34)c3ccccc3)c3ccccc3)cc2)cc1. The van der Waals surface area contributed by atoms with Crippen LogP contribution in [0.15, 0.2) is 199 Å². The number of allylic oxidation sites excluding steroid dienone is 3. The summed E-state index contributed by atoms with van der Waals surface area (Å²) in [4.78, 5) is 89.1. The van der Waals surface area contributed by atoms with Gasteiger partial charge in [0.05, 0.1) is 20.2 Å². The smallest absolute Gasteiger partial charge is 0.345 e. The Morgan fingerprint density at radius 1 is 0.650 bits per heavy atom. The second kappa shape index (κ2) is 25.2. The number of likely N-dealkylation sites (tertiary alicyclic amines) is 1. The number of β-lactam (4-membered cyclic amide) rings is 1. The number of benzene rings is 6. The molecule has 0 saturated carbocycles. The Morgan fingerprint density at radius 2 is 1.21 bits per heavy atom. The summed E-state index contributed by atoms with van der Waals surface area (Å²) < 4.78 is 24.2. The lowest BCUT2D eigenvalue weighted by Gasteiger charge is -2.41. The summed E-state index contributed by atoms with van der Waals surface area (Å²) in [5, 5.41) is 7.64. The predicted octanol–water partition coefficient (Wildman–Crippen LogP) is 8.97. The molecule has 0 spiro atoms. The average Bonchev–Trinajstić information content (AvgIpc) is 4.16. The summed E-state index contributed by atoms with van der Waals surface area (Å²) in [6.45, 7) is 1.68. The third-order valence-electron chi connectivity index (χ3n) is 14.4. The highest BCUT2D eigenvalue weighted by Gasteiger charge is 2.67. The number of ether oxygens (including phenoxy) is 4. The van der Waals surface area contributed by atoms with Crippen molar-refractivity contribution >= 4 is 53.7 Å². The number of amides is 5. The number of thioether (sulfide) groups is 1. The van der Waals surface area contributed by atoms with Crippen molar-refractivity contribution in [1.29, 1.82) is 0 Å². The van der Waals surface area contributed by atoms with E-state index < -0.39 is 64.2 Å². The van der Waals surface area contributed by atoms with Crippen molar-refractivity contribution in [3.05, 3.63) is 228 Å². The van der Waals surface area contributed by atoms with Crippen LogP contribution >= 0.6 is 11.8 Å². The first-order chi connectivity index (χ1) is 39.1. The van der Waals surface area contributed by atoms with E-state index in [2.05, 4.69) is 10.4 Å². The lowest BCUT2D eigenvalue weighted by molar-refractivity contribution is -0.159. The molecular formula is C63H60N6O10S. The van der Waals surface area contributed by atoms with E-state index in [-0.39, 0.29) is 25.5 Å². The second-order valence-corrected chi connectivity index (χ2v) is 21.0. The molecule has 0 bridgehead atoms. The molecule has 5 amide bonds. The molecule has 4 saturated heterocycles. The molecule has 17 heteroatoms. The van der Waals surface area contributed by atoms with E-state index in [4.69, 9.17) is 18.9 Å². The molecule has 4 fully saturated rings. The molecule has 0 aromatic heterocycles. The van der Waals surface area contributed by atoms with Gasteiger partial charge in [-0.3, -0.25) is 24.1 Å². The van der Waals surface area contributed by atoms with Gasteiger partial charge < -0.3 is 34.1 Å². The number of urea groups is 1. The Hall–Kier alpha value is -8.96. The van der Waals surface area contributed by atoms with Gasteiger partial charge in [0.25, 0.3) is 0 Å². The number of carbonyl (C=O) groups excluding carboxylic acids is 6. The number of hydrazone groups is 1. The Kier molecular flexibility index (Phi) is 17.2. The summed E-state index contributed by atoms with van der Waals surface area (Å²) in [7, 11) is 1.61. The van der Waals surface area contributed by atoms with Gasteiger partial charge in [-0.2, -0.15) is 5.10 Å². The summed E-state index contributed by atoms with van der Waals surface area (Å²) in [6.07, 6.45) is 9.07. The van der Waals surface area contributed by atoms with Crippen LogP contribution in [-0.2, 0) is 40.1 Å². The average molecular weight is 1090 g/mol. The van der Waals surface area contributed by atoms with Crippen molar-refractivity contribution in [1.82, 2.24) is 25.0 Å². The summed E-state index contributed by atoms with van der Waals surface area (Å²) in [5.74, 6) is -3.20. The fourth-order valence-electron chi connectivity index (χ4n) is 10.2. The van der Waals surface area contributed by atoms with Gasteiger partial charge in [-0.25, -0.2) is 14.6 Å². The van der Waals surface area contributed by atoms with E-state index in [9.17, 15) is 24.0 Å². The van der Waals surface area contributed by atoms with Crippen LogP contribution in [0.5, 0.6) is 11.5 Å². The van der Waals surface area contributed by atoms with Crippen molar-refractivity contribution in [3.63, 3.8) is 0 Å². The van der Waals surface area contributed by atoms with Gasteiger partial charge in [0, 0.05) is 31.9 Å². The minimum atomic E-state index is -1.80. The second-order valence-electron chi connectivity index (χ2n) is 19.6. The molecule has 408 valence electrons. The van der Waals surface area contributed by atoms with Crippen LogP contribution in [0.3, 0.4) is 0 Å². The lowest BCUT2D eigenvalue weighted by Crippen LogP contribution is -2.68. The molecule has 16 nitrogen and oxygen atoms in total. The van der Waals surface area contributed by atoms with Crippen LogP contribution < -0.4 is 14.8 Å². The zero-order valence-electron chi connectivity index (χ0n) is 44.0. The van der Waals surface area contributed by atoms with E-state index in [1.165, 1.54) is 27.1 Å². The molecular weight excluding hydrogens is 1030 g/mol. The highest BCUT2D eigenvalue weighted by atomic mass is 32.2. The van der Waals surface area contributed by atoms with Crippen LogP contribution in [0.4, 0.5) is 4.79 Å². The zero-order chi connectivity index (χ0) is 55.4. The largest absolute Gasteiger partial charge is 0.497 e. The van der Waals surface area contributed by atoms with E-state index in [1.807, 2.05) is 120 Å². The number of hydrogen-bond donors (Lipinski definition) is 1. The van der Waals surface area contributed by atoms with Crippen molar-refractivity contribution in [2.45, 2.75) is 60.3 Å². The zero-order valence-corrected chi connectivity index (χ0v) is 44.8. The number of methoxy groups -OCH3 is 1. The van der Waals surface area contributed by atoms with Crippen LogP contribution in [0.25, 0.3) is 0 Å². The van der Waals surface area contributed by atoms with E-state index in [0.717, 1.165) is 55.4 Å². The molecule has 0 radical (unpaired) electrons. The molecule has 6 aromatic carbocycles. The highest BCUT2D eigenvalue weighted by molar-refractivity contribution is 8.02. The monoisotopic (exact) mass is 1090 g/mol. The van der Waals surface area contributed by atoms with E-state index >= 15 is 4.79 Å². The molecule has 0 aliphatic carbocycles. The van der Waals surface area contributed by atoms with E-state index in [1.54, 1.807) is 79.9 Å². The Bertz CT molecular complexity index is 3200. The first kappa shape index (κ1) is 54.4. The Balaban J connectivity index is 0.882. The quantitative estimate of drug-likeness (QED) is 0.0193. The van der Waals surface area contributed by atoms with Crippen molar-refractivity contribution in [2.75, 3.05) is 39.8 Å². The van der Waals surface area contributed by atoms with Crippen LogP contribution in [0, 0.1) is 0 Å².